The van der Waals surface area contributed by atoms with Gasteiger partial charge in [-0.1, -0.05) is 0 Å². The van der Waals surface area contributed by atoms with Crippen molar-refractivity contribution in [3.05, 3.63) is 22.3 Å². The molecule has 2 aliphatic rings. The van der Waals surface area contributed by atoms with Crippen molar-refractivity contribution in [1.82, 2.24) is 0 Å². The summed E-state index contributed by atoms with van der Waals surface area (Å²) in [5, 5.41) is 0. The van der Waals surface area contributed by atoms with Crippen molar-refractivity contribution < 1.29 is 19.1 Å². The van der Waals surface area contributed by atoms with E-state index in [9.17, 15) is 9.59 Å². The highest BCUT2D eigenvalue weighted by atomic mass is 16.5. The van der Waals surface area contributed by atoms with Gasteiger partial charge < -0.3 is 9.47 Å². The highest BCUT2D eigenvalue weighted by Gasteiger charge is 2.30. The minimum absolute atomic E-state index is 0.0163. The first-order chi connectivity index (χ1) is 9.24. The van der Waals surface area contributed by atoms with E-state index in [1.807, 2.05) is 0 Å². The molecule has 0 aliphatic carbocycles. The molecule has 0 radical (unpaired) electrons. The summed E-state index contributed by atoms with van der Waals surface area (Å²) in [6.45, 7) is 2.75. The summed E-state index contributed by atoms with van der Waals surface area (Å²) >= 11 is 0. The average Bonchev–Trinajstić information content (AvgIpc) is 2.44. The Labute approximate surface area is 111 Å². The fraction of sp³-hybridized carbons (Fsp3) is 0.467. The van der Waals surface area contributed by atoms with Crippen LogP contribution in [0, 0.1) is 0 Å². The van der Waals surface area contributed by atoms with Gasteiger partial charge in [-0.05, 0) is 32.6 Å². The Balaban J connectivity index is 2.35. The van der Waals surface area contributed by atoms with E-state index in [1.165, 1.54) is 0 Å². The average molecular weight is 260 g/mol. The second kappa shape index (κ2) is 4.68. The minimum Gasteiger partial charge on any atom is -0.493 e. The molecule has 0 N–H and O–H groups in total. The standard InChI is InChI=1S/C15H16O4/c1-9(17)13-11-5-3-6-18-14(11)12(8-16)10-4-2-7-19-15(10)13/h8H,2-7H2,1H3. The molecule has 0 saturated heterocycles. The largest absolute Gasteiger partial charge is 0.493 e. The van der Waals surface area contributed by atoms with E-state index < -0.39 is 0 Å². The summed E-state index contributed by atoms with van der Waals surface area (Å²) < 4.78 is 11.4. The number of fused-ring (bicyclic) bond motifs is 2. The Morgan fingerprint density at radius 2 is 1.68 bits per heavy atom. The third kappa shape index (κ3) is 1.82. The van der Waals surface area contributed by atoms with Crippen molar-refractivity contribution in [2.24, 2.45) is 0 Å². The van der Waals surface area contributed by atoms with Crippen LogP contribution in [0.5, 0.6) is 11.5 Å². The molecular weight excluding hydrogens is 244 g/mol. The first kappa shape index (κ1) is 12.2. The molecule has 1 aromatic rings. The SMILES string of the molecule is CC(=O)c1c2c(c(C=O)c3c1OCCC3)OCCC2. The molecule has 0 atom stereocenters. The highest BCUT2D eigenvalue weighted by molar-refractivity contribution is 6.02. The van der Waals surface area contributed by atoms with Crippen LogP contribution in [-0.4, -0.2) is 25.3 Å². The number of ether oxygens (including phenoxy) is 2. The first-order valence-corrected chi connectivity index (χ1v) is 6.67. The van der Waals surface area contributed by atoms with Crippen molar-refractivity contribution in [3.63, 3.8) is 0 Å². The van der Waals surface area contributed by atoms with Gasteiger partial charge in [-0.25, -0.2) is 0 Å². The summed E-state index contributed by atoms with van der Waals surface area (Å²) in [5.41, 5.74) is 2.89. The van der Waals surface area contributed by atoms with Crippen molar-refractivity contribution in [3.8, 4) is 11.5 Å². The summed E-state index contributed by atoms with van der Waals surface area (Å²) in [6.07, 6.45) is 4.10. The van der Waals surface area contributed by atoms with Gasteiger partial charge in [-0.15, -0.1) is 0 Å². The van der Waals surface area contributed by atoms with Crippen LogP contribution in [0.2, 0.25) is 0 Å². The van der Waals surface area contributed by atoms with Crippen molar-refractivity contribution >= 4 is 12.1 Å². The summed E-state index contributed by atoms with van der Waals surface area (Å²) in [5.74, 6) is 1.21. The summed E-state index contributed by atoms with van der Waals surface area (Å²) in [6, 6.07) is 0. The topological polar surface area (TPSA) is 52.6 Å². The number of carbonyl (C=O) groups is 2. The zero-order chi connectivity index (χ0) is 13.4. The van der Waals surface area contributed by atoms with Crippen LogP contribution in [0.25, 0.3) is 0 Å². The third-order valence-electron chi connectivity index (χ3n) is 3.75. The molecule has 1 aromatic carbocycles. The van der Waals surface area contributed by atoms with Gasteiger partial charge >= 0.3 is 0 Å². The Hall–Kier alpha value is -1.84. The minimum atomic E-state index is -0.0163. The maximum Gasteiger partial charge on any atom is 0.163 e. The van der Waals surface area contributed by atoms with Gasteiger partial charge in [0.2, 0.25) is 0 Å². The molecule has 4 heteroatoms. The predicted octanol–water partition coefficient (Wildman–Crippen LogP) is 2.35. The molecule has 2 aliphatic heterocycles. The van der Waals surface area contributed by atoms with Gasteiger partial charge in [-0.2, -0.15) is 0 Å². The van der Waals surface area contributed by atoms with E-state index in [0.29, 0.717) is 35.8 Å². The van der Waals surface area contributed by atoms with Crippen LogP contribution in [0.3, 0.4) is 0 Å². The van der Waals surface area contributed by atoms with Crippen molar-refractivity contribution in [1.29, 1.82) is 0 Å². The lowest BCUT2D eigenvalue weighted by molar-refractivity contribution is 0.100. The number of benzene rings is 1. The quantitative estimate of drug-likeness (QED) is 0.605. The Kier molecular flexibility index (Phi) is 3.01. The second-order valence-electron chi connectivity index (χ2n) is 4.98. The fourth-order valence-corrected chi connectivity index (χ4v) is 2.98. The number of rotatable bonds is 2. The molecule has 4 nitrogen and oxygen atoms in total. The lowest BCUT2D eigenvalue weighted by Gasteiger charge is -2.28. The second-order valence-corrected chi connectivity index (χ2v) is 4.98. The van der Waals surface area contributed by atoms with Crippen LogP contribution in [0.15, 0.2) is 0 Å². The van der Waals surface area contributed by atoms with E-state index >= 15 is 0 Å². The van der Waals surface area contributed by atoms with E-state index in [0.717, 1.165) is 43.1 Å². The molecule has 0 fully saturated rings. The number of hydrogen-bond acceptors (Lipinski definition) is 4. The van der Waals surface area contributed by atoms with Crippen LogP contribution < -0.4 is 9.47 Å². The van der Waals surface area contributed by atoms with Crippen molar-refractivity contribution in [2.45, 2.75) is 32.6 Å². The zero-order valence-corrected chi connectivity index (χ0v) is 11.0. The van der Waals surface area contributed by atoms with E-state index in [2.05, 4.69) is 0 Å². The van der Waals surface area contributed by atoms with E-state index in [-0.39, 0.29) is 5.78 Å². The van der Waals surface area contributed by atoms with Gasteiger partial charge in [0, 0.05) is 11.1 Å². The van der Waals surface area contributed by atoms with Gasteiger partial charge in [0.25, 0.3) is 0 Å². The molecule has 0 amide bonds. The summed E-state index contributed by atoms with van der Waals surface area (Å²) in [7, 11) is 0. The fourth-order valence-electron chi connectivity index (χ4n) is 2.98. The summed E-state index contributed by atoms with van der Waals surface area (Å²) in [4.78, 5) is 23.4. The maximum absolute atomic E-state index is 12.0. The number of carbonyl (C=O) groups excluding carboxylic acids is 2. The number of hydrogen-bond donors (Lipinski definition) is 0. The normalized spacial score (nSPS) is 16.7. The smallest absolute Gasteiger partial charge is 0.163 e. The molecule has 2 heterocycles. The van der Waals surface area contributed by atoms with Gasteiger partial charge in [-0.3, -0.25) is 9.59 Å². The van der Waals surface area contributed by atoms with Gasteiger partial charge in [0.05, 0.1) is 24.3 Å². The lowest BCUT2D eigenvalue weighted by Crippen LogP contribution is -2.21. The number of ketones is 1. The molecule has 100 valence electrons. The van der Waals surface area contributed by atoms with Crippen LogP contribution >= 0.6 is 0 Å². The van der Waals surface area contributed by atoms with Crippen LogP contribution in [-0.2, 0) is 12.8 Å². The molecule has 0 bridgehead atoms. The number of Topliss-reactive ketones (excluding diaryl/α,β-unsaturated/α-hetero) is 1. The molecule has 0 unspecified atom stereocenters. The zero-order valence-electron chi connectivity index (χ0n) is 11.0. The van der Waals surface area contributed by atoms with Crippen molar-refractivity contribution in [2.75, 3.05) is 13.2 Å². The van der Waals surface area contributed by atoms with E-state index in [4.69, 9.17) is 9.47 Å². The molecular formula is C15H16O4. The monoisotopic (exact) mass is 260 g/mol. The molecule has 0 aromatic heterocycles. The third-order valence-corrected chi connectivity index (χ3v) is 3.75. The molecule has 3 rings (SSSR count). The van der Waals surface area contributed by atoms with Gasteiger partial charge in [0.15, 0.2) is 12.1 Å². The maximum atomic E-state index is 12.0. The Bertz CT molecular complexity index is 523. The van der Waals surface area contributed by atoms with Gasteiger partial charge in [0.1, 0.15) is 11.5 Å². The molecule has 0 spiro atoms. The lowest BCUT2D eigenvalue weighted by atomic mass is 9.87. The predicted molar refractivity (Wildman–Crippen MR) is 69.5 cm³/mol. The Morgan fingerprint density at radius 1 is 1.05 bits per heavy atom. The van der Waals surface area contributed by atoms with Crippen LogP contribution in [0.1, 0.15) is 51.6 Å². The van der Waals surface area contributed by atoms with E-state index in [1.54, 1.807) is 6.92 Å². The number of aldehydes is 1. The Morgan fingerprint density at radius 3 is 2.32 bits per heavy atom. The molecule has 19 heavy (non-hydrogen) atoms. The molecule has 0 saturated carbocycles. The first-order valence-electron chi connectivity index (χ1n) is 6.67. The van der Waals surface area contributed by atoms with Crippen LogP contribution in [0.4, 0.5) is 0 Å². The highest BCUT2D eigenvalue weighted by Crippen LogP contribution is 2.42.